The Bertz CT molecular complexity index is 2200. The average molecular weight is 522 g/mol. The summed E-state index contributed by atoms with van der Waals surface area (Å²) < 4.78 is 1.43. The highest BCUT2D eigenvalue weighted by molar-refractivity contribution is 6.48. The highest BCUT2D eigenvalue weighted by Crippen LogP contribution is 2.51. The predicted molar refractivity (Wildman–Crippen MR) is 170 cm³/mol. The molecule has 0 N–H and O–H groups in total. The molecular weight excluding hydrogens is 490 g/mol. The van der Waals surface area contributed by atoms with Crippen molar-refractivity contribution < 1.29 is 0 Å². The van der Waals surface area contributed by atoms with Crippen LogP contribution in [0, 0.1) is 6.92 Å². The third-order valence-electron chi connectivity index (χ3n) is 9.38. The Morgan fingerprint density at radius 2 is 1.07 bits per heavy atom. The number of rotatable bonds is 7. The minimum absolute atomic E-state index is 0.199. The van der Waals surface area contributed by atoms with Crippen molar-refractivity contribution in [2.45, 2.75) is 59.3 Å². The lowest BCUT2D eigenvalue weighted by molar-refractivity contribution is 0.799. The highest BCUT2D eigenvalue weighted by atomic mass is 16.2. The maximum atomic E-state index is 14.4. The summed E-state index contributed by atoms with van der Waals surface area (Å²) in [7, 11) is 0. The molecule has 0 aliphatic rings. The molecule has 1 aromatic heterocycles. The molecule has 3 heteroatoms. The molecule has 8 aromatic rings. The lowest BCUT2D eigenvalue weighted by Crippen LogP contribution is -2.24. The van der Waals surface area contributed by atoms with Crippen molar-refractivity contribution in [3.05, 3.63) is 98.1 Å². The van der Waals surface area contributed by atoms with Crippen LogP contribution in [-0.4, -0.2) is 4.57 Å². The van der Waals surface area contributed by atoms with Crippen molar-refractivity contribution in [2.24, 2.45) is 0 Å². The number of aryl methyl sites for hydroxylation is 3. The first kappa shape index (κ1) is 23.6. The molecule has 1 heterocycles. The summed E-state index contributed by atoms with van der Waals surface area (Å²) in [6.45, 7) is 6.41. The van der Waals surface area contributed by atoms with Crippen LogP contribution in [0.15, 0.2) is 70.3 Å². The molecule has 0 spiro atoms. The second-order valence-corrected chi connectivity index (χ2v) is 11.7. The summed E-state index contributed by atoms with van der Waals surface area (Å²) in [6, 6.07) is 21.3. The van der Waals surface area contributed by atoms with Crippen LogP contribution in [0.25, 0.3) is 70.3 Å². The van der Waals surface area contributed by atoms with E-state index in [1.807, 2.05) is 31.2 Å². The molecule has 0 bridgehead atoms. The first-order valence-corrected chi connectivity index (χ1v) is 14.8. The van der Waals surface area contributed by atoms with Crippen molar-refractivity contribution in [3.8, 4) is 5.69 Å². The standard InChI is InChI=1S/C37H31NO2/c1-4-6-11-22-18-26-32-30-24(22)16-14-21-15-17-25-23(12-7-5-2)19-27(33(32)31(25)29(21)30)35-34(26)36(39)38(37(35)40)28-13-9-8-10-20(28)3/h8-10,13-19H,4-7,11-12H2,1-3H3. The Hall–Kier alpha value is -4.24. The van der Waals surface area contributed by atoms with Crippen molar-refractivity contribution in [1.82, 2.24) is 4.57 Å². The van der Waals surface area contributed by atoms with Crippen molar-refractivity contribution >= 4 is 64.6 Å². The number of nitrogens with zero attached hydrogens (tertiary/aromatic N) is 1. The minimum atomic E-state index is -0.199. The number of hydrogen-bond donors (Lipinski definition) is 0. The van der Waals surface area contributed by atoms with Crippen LogP contribution in [0.1, 0.15) is 56.2 Å². The first-order chi connectivity index (χ1) is 19.5. The van der Waals surface area contributed by atoms with Crippen LogP contribution >= 0.6 is 0 Å². The first-order valence-electron chi connectivity index (χ1n) is 14.8. The van der Waals surface area contributed by atoms with Gasteiger partial charge in [0.15, 0.2) is 0 Å². The van der Waals surface area contributed by atoms with Crippen molar-refractivity contribution in [3.63, 3.8) is 0 Å². The number of benzene rings is 6. The molecule has 0 unspecified atom stereocenters. The SMILES string of the molecule is CCCCc1cc2c3c(=O)n(-c4ccccc4C)c(=O)c3c3cc(CCCC)c4ccc5ccc1c1c5c4c3c21. The van der Waals surface area contributed by atoms with Crippen LogP contribution in [0.4, 0.5) is 0 Å². The van der Waals surface area contributed by atoms with Gasteiger partial charge in [-0.1, -0.05) is 69.2 Å². The van der Waals surface area contributed by atoms with Crippen LogP contribution < -0.4 is 11.1 Å². The van der Waals surface area contributed by atoms with Gasteiger partial charge in [-0.15, -0.1) is 0 Å². The van der Waals surface area contributed by atoms with Crippen LogP contribution in [0.2, 0.25) is 0 Å². The molecule has 0 saturated carbocycles. The summed E-state index contributed by atoms with van der Waals surface area (Å²) in [5.41, 5.74) is 3.75. The van der Waals surface area contributed by atoms with Crippen molar-refractivity contribution in [1.29, 1.82) is 0 Å². The summed E-state index contributed by atoms with van der Waals surface area (Å²) >= 11 is 0. The smallest absolute Gasteiger partial charge is 0.266 e. The molecule has 0 aliphatic heterocycles. The lowest BCUT2D eigenvalue weighted by atomic mass is 9.90. The fourth-order valence-corrected chi connectivity index (χ4v) is 7.51. The normalized spacial score (nSPS) is 12.7. The Kier molecular flexibility index (Phi) is 4.95. The number of aromatic nitrogens is 1. The van der Waals surface area contributed by atoms with Gasteiger partial charge >= 0.3 is 0 Å². The zero-order valence-electron chi connectivity index (χ0n) is 23.3. The third kappa shape index (κ3) is 2.85. The fourth-order valence-electron chi connectivity index (χ4n) is 7.51. The molecule has 8 rings (SSSR count). The quantitative estimate of drug-likeness (QED) is 0.197. The fraction of sp³-hybridized carbons (Fsp3) is 0.243. The zero-order chi connectivity index (χ0) is 27.3. The van der Waals surface area contributed by atoms with E-state index in [2.05, 4.69) is 50.2 Å². The van der Waals surface area contributed by atoms with Gasteiger partial charge in [0.25, 0.3) is 11.1 Å². The number of fused-ring (bicyclic) bond motifs is 3. The van der Waals surface area contributed by atoms with E-state index in [-0.39, 0.29) is 11.1 Å². The Labute approximate surface area is 232 Å². The van der Waals surface area contributed by atoms with E-state index < -0.39 is 0 Å². The molecular formula is C37H31NO2. The number of hydrogen-bond acceptors (Lipinski definition) is 2. The summed E-state index contributed by atoms with van der Waals surface area (Å²) in [5, 5.41) is 13.1. The van der Waals surface area contributed by atoms with Gasteiger partial charge < -0.3 is 0 Å². The van der Waals surface area contributed by atoms with Gasteiger partial charge in [0.1, 0.15) is 0 Å². The van der Waals surface area contributed by atoms with E-state index >= 15 is 0 Å². The van der Waals surface area contributed by atoms with Gasteiger partial charge in [-0.3, -0.25) is 9.59 Å². The molecule has 40 heavy (non-hydrogen) atoms. The molecule has 0 amide bonds. The second kappa shape index (κ2) is 8.38. The van der Waals surface area contributed by atoms with E-state index in [4.69, 9.17) is 0 Å². The number of unbranched alkanes of at least 4 members (excludes halogenated alkanes) is 2. The van der Waals surface area contributed by atoms with Crippen LogP contribution in [-0.2, 0) is 12.8 Å². The van der Waals surface area contributed by atoms with Gasteiger partial charge in [0.05, 0.1) is 16.5 Å². The minimum Gasteiger partial charge on any atom is -0.268 e. The maximum absolute atomic E-state index is 14.4. The van der Waals surface area contributed by atoms with Crippen LogP contribution in [0.3, 0.4) is 0 Å². The van der Waals surface area contributed by atoms with Crippen LogP contribution in [0.5, 0.6) is 0 Å². The van der Waals surface area contributed by atoms with E-state index in [1.165, 1.54) is 48.0 Å². The Morgan fingerprint density at radius 1 is 0.575 bits per heavy atom. The molecule has 196 valence electrons. The molecule has 0 aliphatic carbocycles. The molecule has 0 saturated heterocycles. The summed E-state index contributed by atoms with van der Waals surface area (Å²) in [5.74, 6) is 0. The molecule has 0 fully saturated rings. The topological polar surface area (TPSA) is 39.1 Å². The van der Waals surface area contributed by atoms with E-state index in [9.17, 15) is 9.59 Å². The largest absolute Gasteiger partial charge is 0.268 e. The molecule has 7 aromatic carbocycles. The maximum Gasteiger partial charge on any atom is 0.266 e. The van der Waals surface area contributed by atoms with Gasteiger partial charge in [0.2, 0.25) is 0 Å². The molecule has 3 nitrogen and oxygen atoms in total. The summed E-state index contributed by atoms with van der Waals surface area (Å²) in [4.78, 5) is 28.8. The van der Waals surface area contributed by atoms with E-state index in [0.29, 0.717) is 16.5 Å². The Balaban J connectivity index is 1.68. The molecule has 0 radical (unpaired) electrons. The number of para-hydroxylation sites is 1. The summed E-state index contributed by atoms with van der Waals surface area (Å²) in [6.07, 6.45) is 6.30. The highest BCUT2D eigenvalue weighted by Gasteiger charge is 2.29. The van der Waals surface area contributed by atoms with Gasteiger partial charge in [0, 0.05) is 0 Å². The van der Waals surface area contributed by atoms with Gasteiger partial charge in [-0.2, -0.15) is 0 Å². The van der Waals surface area contributed by atoms with E-state index in [1.54, 1.807) is 0 Å². The Morgan fingerprint density at radius 3 is 1.57 bits per heavy atom. The monoisotopic (exact) mass is 521 g/mol. The van der Waals surface area contributed by atoms with E-state index in [0.717, 1.165) is 65.6 Å². The van der Waals surface area contributed by atoms with Gasteiger partial charge in [-0.25, -0.2) is 4.57 Å². The zero-order valence-corrected chi connectivity index (χ0v) is 23.3. The second-order valence-electron chi connectivity index (χ2n) is 11.7. The van der Waals surface area contributed by atoms with Gasteiger partial charge in [-0.05, 0) is 121 Å². The predicted octanol–water partition coefficient (Wildman–Crippen LogP) is 8.86. The lowest BCUT2D eigenvalue weighted by Gasteiger charge is -2.12. The average Bonchev–Trinajstić information content (AvgIpc) is 3.46. The van der Waals surface area contributed by atoms with Crippen molar-refractivity contribution in [2.75, 3.05) is 0 Å². The third-order valence-corrected chi connectivity index (χ3v) is 9.38. The molecule has 0 atom stereocenters.